The van der Waals surface area contributed by atoms with Gasteiger partial charge in [-0.25, -0.2) is 15.0 Å². The van der Waals surface area contributed by atoms with Crippen LogP contribution < -0.4 is 5.32 Å². The van der Waals surface area contributed by atoms with E-state index in [1.54, 1.807) is 6.20 Å². The maximum atomic E-state index is 12.2. The van der Waals surface area contributed by atoms with E-state index in [0.717, 1.165) is 21.7 Å². The summed E-state index contributed by atoms with van der Waals surface area (Å²) in [4.78, 5) is 25.7. The van der Waals surface area contributed by atoms with Gasteiger partial charge in [0.1, 0.15) is 22.3 Å². The highest BCUT2D eigenvalue weighted by Gasteiger charge is 2.14. The second-order valence-corrected chi connectivity index (χ2v) is 6.16. The van der Waals surface area contributed by atoms with E-state index in [1.165, 1.54) is 30.4 Å². The van der Waals surface area contributed by atoms with Gasteiger partial charge in [-0.2, -0.15) is 0 Å². The number of thioether (sulfide) groups is 1. The number of benzene rings is 1. The molecule has 7 nitrogen and oxygen atoms in total. The maximum Gasteiger partial charge on any atom is 0.261 e. The molecule has 128 valence electrons. The summed E-state index contributed by atoms with van der Waals surface area (Å²) in [7, 11) is 0. The standard InChI is InChI=1S/C18H13N5O2S/c1-26-18-16-15(13(8-20-18)11-5-3-2-4-6-11)19-9-14(22-16)23-17(24)12-7-21-25-10-12/h2-10H,1H3,(H,22,23,24). The fourth-order valence-corrected chi connectivity index (χ4v) is 3.02. The van der Waals surface area contributed by atoms with Crippen LogP contribution in [0.2, 0.25) is 0 Å². The predicted molar refractivity (Wildman–Crippen MR) is 99.0 cm³/mol. The molecule has 4 rings (SSSR count). The molecule has 0 saturated heterocycles. The van der Waals surface area contributed by atoms with Crippen LogP contribution in [0.25, 0.3) is 22.2 Å². The van der Waals surface area contributed by atoms with Crippen molar-refractivity contribution in [3.8, 4) is 11.1 Å². The van der Waals surface area contributed by atoms with Crippen molar-refractivity contribution in [1.29, 1.82) is 0 Å². The molecule has 26 heavy (non-hydrogen) atoms. The van der Waals surface area contributed by atoms with E-state index < -0.39 is 0 Å². The van der Waals surface area contributed by atoms with Crippen molar-refractivity contribution in [3.05, 3.63) is 60.7 Å². The molecule has 0 bridgehead atoms. The van der Waals surface area contributed by atoms with Gasteiger partial charge in [0, 0.05) is 11.8 Å². The summed E-state index contributed by atoms with van der Waals surface area (Å²) in [6, 6.07) is 9.88. The first-order chi connectivity index (χ1) is 12.8. The number of anilines is 1. The zero-order valence-electron chi connectivity index (χ0n) is 13.7. The number of carbonyl (C=O) groups is 1. The van der Waals surface area contributed by atoms with E-state index in [9.17, 15) is 4.79 Å². The topological polar surface area (TPSA) is 93.8 Å². The summed E-state index contributed by atoms with van der Waals surface area (Å²) >= 11 is 1.48. The summed E-state index contributed by atoms with van der Waals surface area (Å²) in [5.41, 5.74) is 3.59. The predicted octanol–water partition coefficient (Wildman–Crippen LogP) is 3.65. The summed E-state index contributed by atoms with van der Waals surface area (Å²) in [5.74, 6) is -0.0243. The molecule has 0 aliphatic heterocycles. The van der Waals surface area contributed by atoms with Crippen LogP contribution in [-0.4, -0.2) is 32.3 Å². The first-order valence-corrected chi connectivity index (χ1v) is 8.94. The molecule has 3 aromatic heterocycles. The molecule has 3 heterocycles. The largest absolute Gasteiger partial charge is 0.364 e. The van der Waals surface area contributed by atoms with Crippen LogP contribution in [0, 0.1) is 0 Å². The van der Waals surface area contributed by atoms with E-state index in [-0.39, 0.29) is 5.91 Å². The molecule has 1 amide bonds. The minimum Gasteiger partial charge on any atom is -0.364 e. The number of hydrogen-bond donors (Lipinski definition) is 1. The van der Waals surface area contributed by atoms with Crippen molar-refractivity contribution >= 4 is 34.5 Å². The van der Waals surface area contributed by atoms with Crippen LogP contribution in [0.1, 0.15) is 10.4 Å². The Morgan fingerprint density at radius 2 is 1.92 bits per heavy atom. The number of hydrogen-bond acceptors (Lipinski definition) is 7. The van der Waals surface area contributed by atoms with Gasteiger partial charge in [0.05, 0.1) is 18.0 Å². The zero-order chi connectivity index (χ0) is 17.9. The quantitative estimate of drug-likeness (QED) is 0.553. The second-order valence-electron chi connectivity index (χ2n) is 5.37. The molecule has 1 aromatic carbocycles. The van der Waals surface area contributed by atoms with E-state index in [1.807, 2.05) is 36.6 Å². The van der Waals surface area contributed by atoms with Crippen LogP contribution in [0.3, 0.4) is 0 Å². The van der Waals surface area contributed by atoms with Crippen LogP contribution in [0.4, 0.5) is 5.82 Å². The molecule has 0 unspecified atom stereocenters. The molecule has 0 aliphatic carbocycles. The lowest BCUT2D eigenvalue weighted by Crippen LogP contribution is -2.12. The number of pyridine rings is 1. The van der Waals surface area contributed by atoms with Gasteiger partial charge in [0.15, 0.2) is 5.82 Å². The Morgan fingerprint density at radius 3 is 2.65 bits per heavy atom. The molecule has 0 fully saturated rings. The Hall–Kier alpha value is -3.26. The van der Waals surface area contributed by atoms with E-state index in [2.05, 4.69) is 29.9 Å². The van der Waals surface area contributed by atoms with Gasteiger partial charge in [-0.1, -0.05) is 35.5 Å². The number of nitrogens with zero attached hydrogens (tertiary/aromatic N) is 4. The van der Waals surface area contributed by atoms with Gasteiger partial charge in [-0.05, 0) is 11.8 Å². The summed E-state index contributed by atoms with van der Waals surface area (Å²) < 4.78 is 4.68. The van der Waals surface area contributed by atoms with Crippen molar-refractivity contribution in [3.63, 3.8) is 0 Å². The Morgan fingerprint density at radius 1 is 1.08 bits per heavy atom. The van der Waals surface area contributed by atoms with Crippen LogP contribution in [-0.2, 0) is 0 Å². The first-order valence-electron chi connectivity index (χ1n) is 7.72. The Labute approximate surface area is 152 Å². The van der Waals surface area contributed by atoms with E-state index in [0.29, 0.717) is 16.9 Å². The molecule has 0 spiro atoms. The number of carbonyl (C=O) groups excluding carboxylic acids is 1. The van der Waals surface area contributed by atoms with Crippen molar-refractivity contribution in [1.82, 2.24) is 20.1 Å². The lowest BCUT2D eigenvalue weighted by Gasteiger charge is -2.10. The molecule has 0 radical (unpaired) electrons. The molecule has 1 N–H and O–H groups in total. The fraction of sp³-hybridized carbons (Fsp3) is 0.0556. The number of rotatable bonds is 4. The average molecular weight is 363 g/mol. The average Bonchev–Trinajstić information content (AvgIpc) is 3.23. The summed E-state index contributed by atoms with van der Waals surface area (Å²) in [6.45, 7) is 0. The third-order valence-corrected chi connectivity index (χ3v) is 4.44. The monoisotopic (exact) mass is 363 g/mol. The highest BCUT2D eigenvalue weighted by Crippen LogP contribution is 2.30. The van der Waals surface area contributed by atoms with Crippen molar-refractivity contribution in [2.75, 3.05) is 11.6 Å². The van der Waals surface area contributed by atoms with E-state index >= 15 is 0 Å². The second kappa shape index (κ2) is 6.93. The minimum atomic E-state index is -0.363. The molecular formula is C18H13N5O2S. The highest BCUT2D eigenvalue weighted by molar-refractivity contribution is 7.98. The maximum absolute atomic E-state index is 12.2. The van der Waals surface area contributed by atoms with Gasteiger partial charge in [0.25, 0.3) is 5.91 Å². The molecule has 0 saturated carbocycles. The Bertz CT molecular complexity index is 1070. The molecule has 4 aromatic rings. The van der Waals surface area contributed by atoms with Crippen molar-refractivity contribution < 1.29 is 9.32 Å². The van der Waals surface area contributed by atoms with Gasteiger partial charge < -0.3 is 9.84 Å². The van der Waals surface area contributed by atoms with Gasteiger partial charge in [-0.3, -0.25) is 4.79 Å². The summed E-state index contributed by atoms with van der Waals surface area (Å²) in [6.07, 6.45) is 7.87. The SMILES string of the molecule is CSc1ncc(-c2ccccc2)c2ncc(NC(=O)c3cnoc3)nc12. The van der Waals surface area contributed by atoms with Crippen LogP contribution >= 0.6 is 11.8 Å². The number of nitrogens with one attached hydrogen (secondary N) is 1. The Kier molecular flexibility index (Phi) is 4.32. The first kappa shape index (κ1) is 16.2. The third kappa shape index (κ3) is 3.02. The van der Waals surface area contributed by atoms with Crippen molar-refractivity contribution in [2.45, 2.75) is 5.03 Å². The molecule has 8 heteroatoms. The molecule has 0 atom stereocenters. The zero-order valence-corrected chi connectivity index (χ0v) is 14.5. The molecule has 0 aliphatic rings. The lowest BCUT2D eigenvalue weighted by atomic mass is 10.1. The number of amides is 1. The van der Waals surface area contributed by atoms with Crippen LogP contribution in [0.15, 0.2) is 64.7 Å². The number of aromatic nitrogens is 4. The minimum absolute atomic E-state index is 0.313. The normalized spacial score (nSPS) is 10.8. The van der Waals surface area contributed by atoms with Gasteiger partial charge in [-0.15, -0.1) is 11.8 Å². The van der Waals surface area contributed by atoms with Crippen LogP contribution in [0.5, 0.6) is 0 Å². The van der Waals surface area contributed by atoms with E-state index in [4.69, 9.17) is 0 Å². The van der Waals surface area contributed by atoms with Crippen molar-refractivity contribution in [2.24, 2.45) is 0 Å². The lowest BCUT2D eigenvalue weighted by molar-refractivity contribution is 0.102. The Balaban J connectivity index is 1.78. The molecular weight excluding hydrogens is 350 g/mol. The summed E-state index contributed by atoms with van der Waals surface area (Å²) in [5, 5.41) is 6.96. The van der Waals surface area contributed by atoms with Gasteiger partial charge in [0.2, 0.25) is 0 Å². The third-order valence-electron chi connectivity index (χ3n) is 3.76. The fourth-order valence-electron chi connectivity index (χ4n) is 2.52. The number of fused-ring (bicyclic) bond motifs is 1. The highest BCUT2D eigenvalue weighted by atomic mass is 32.2. The smallest absolute Gasteiger partial charge is 0.261 e. The van der Waals surface area contributed by atoms with Gasteiger partial charge >= 0.3 is 0 Å².